The molecule has 5 heteroatoms. The lowest BCUT2D eigenvalue weighted by molar-refractivity contribution is 0.0246. The van der Waals surface area contributed by atoms with Gasteiger partial charge in [0.25, 0.3) is 0 Å². The molecule has 0 aliphatic carbocycles. The lowest BCUT2D eigenvalue weighted by Gasteiger charge is -2.36. The van der Waals surface area contributed by atoms with E-state index >= 15 is 0 Å². The Hall–Kier alpha value is -0.940. The standard InChI is InChI=1S/C8H14N4O/c9-5-8(1-3-13-4-2-8)12-6-10-11-7-12/h6-7H,1-5,9H2. The van der Waals surface area contributed by atoms with Crippen LogP contribution in [0.3, 0.4) is 0 Å². The maximum absolute atomic E-state index is 5.80. The Morgan fingerprint density at radius 2 is 1.92 bits per heavy atom. The molecule has 0 aromatic carbocycles. The molecule has 1 fully saturated rings. The largest absolute Gasteiger partial charge is 0.381 e. The number of rotatable bonds is 2. The van der Waals surface area contributed by atoms with E-state index in [2.05, 4.69) is 10.2 Å². The van der Waals surface area contributed by atoms with Crippen LogP contribution in [0.4, 0.5) is 0 Å². The minimum absolute atomic E-state index is 0.0122. The third kappa shape index (κ3) is 1.45. The van der Waals surface area contributed by atoms with Gasteiger partial charge in [0.2, 0.25) is 0 Å². The average Bonchev–Trinajstić information content (AvgIpc) is 2.72. The summed E-state index contributed by atoms with van der Waals surface area (Å²) in [4.78, 5) is 0. The van der Waals surface area contributed by atoms with E-state index in [-0.39, 0.29) is 5.54 Å². The van der Waals surface area contributed by atoms with Crippen LogP contribution in [0.1, 0.15) is 12.8 Å². The van der Waals surface area contributed by atoms with Gasteiger partial charge in [-0.25, -0.2) is 0 Å². The van der Waals surface area contributed by atoms with Crippen LogP contribution in [0.25, 0.3) is 0 Å². The summed E-state index contributed by atoms with van der Waals surface area (Å²) in [5, 5.41) is 7.61. The van der Waals surface area contributed by atoms with Crippen molar-refractivity contribution < 1.29 is 4.74 Å². The maximum atomic E-state index is 5.80. The molecule has 13 heavy (non-hydrogen) atoms. The topological polar surface area (TPSA) is 66.0 Å². The van der Waals surface area contributed by atoms with Gasteiger partial charge in [0.15, 0.2) is 0 Å². The lowest BCUT2D eigenvalue weighted by Crippen LogP contribution is -2.45. The van der Waals surface area contributed by atoms with Crippen LogP contribution in [0.2, 0.25) is 0 Å². The molecule has 1 aromatic rings. The van der Waals surface area contributed by atoms with E-state index in [4.69, 9.17) is 10.5 Å². The summed E-state index contributed by atoms with van der Waals surface area (Å²) in [5.74, 6) is 0. The van der Waals surface area contributed by atoms with Crippen molar-refractivity contribution in [3.63, 3.8) is 0 Å². The van der Waals surface area contributed by atoms with Gasteiger partial charge in [-0.3, -0.25) is 0 Å². The predicted molar refractivity (Wildman–Crippen MR) is 47.1 cm³/mol. The summed E-state index contributed by atoms with van der Waals surface area (Å²) < 4.78 is 7.32. The van der Waals surface area contributed by atoms with Gasteiger partial charge >= 0.3 is 0 Å². The van der Waals surface area contributed by atoms with Gasteiger partial charge in [-0.1, -0.05) is 0 Å². The highest BCUT2D eigenvalue weighted by Gasteiger charge is 2.32. The Kier molecular flexibility index (Phi) is 2.28. The minimum Gasteiger partial charge on any atom is -0.381 e. The van der Waals surface area contributed by atoms with Crippen molar-refractivity contribution >= 4 is 0 Å². The Bertz CT molecular complexity index is 253. The van der Waals surface area contributed by atoms with Crippen LogP contribution in [0, 0.1) is 0 Å². The summed E-state index contributed by atoms with van der Waals surface area (Å²) in [5.41, 5.74) is 5.79. The monoisotopic (exact) mass is 182 g/mol. The number of hydrogen-bond acceptors (Lipinski definition) is 4. The van der Waals surface area contributed by atoms with Crippen LogP contribution in [-0.4, -0.2) is 34.5 Å². The second-order valence-electron chi connectivity index (χ2n) is 3.41. The molecule has 0 bridgehead atoms. The van der Waals surface area contributed by atoms with Crippen LogP contribution in [-0.2, 0) is 10.3 Å². The fourth-order valence-electron chi connectivity index (χ4n) is 1.76. The zero-order valence-corrected chi connectivity index (χ0v) is 7.52. The van der Waals surface area contributed by atoms with Crippen molar-refractivity contribution in [2.45, 2.75) is 18.4 Å². The van der Waals surface area contributed by atoms with Gasteiger partial charge in [0.1, 0.15) is 12.7 Å². The first kappa shape index (κ1) is 8.65. The summed E-state index contributed by atoms with van der Waals surface area (Å²) in [6.07, 6.45) is 5.36. The molecule has 0 saturated carbocycles. The molecule has 1 aromatic heterocycles. The van der Waals surface area contributed by atoms with Crippen molar-refractivity contribution in [3.05, 3.63) is 12.7 Å². The Balaban J connectivity index is 2.23. The Morgan fingerprint density at radius 3 is 2.46 bits per heavy atom. The normalized spacial score (nSPS) is 21.6. The van der Waals surface area contributed by atoms with E-state index in [0.717, 1.165) is 26.1 Å². The fraction of sp³-hybridized carbons (Fsp3) is 0.750. The quantitative estimate of drug-likeness (QED) is 0.684. The van der Waals surface area contributed by atoms with Crippen molar-refractivity contribution in [1.82, 2.24) is 14.8 Å². The van der Waals surface area contributed by atoms with Crippen molar-refractivity contribution in [2.24, 2.45) is 5.73 Å². The van der Waals surface area contributed by atoms with Crippen LogP contribution >= 0.6 is 0 Å². The number of nitrogens with zero attached hydrogens (tertiary/aromatic N) is 3. The van der Waals surface area contributed by atoms with E-state index in [1.165, 1.54) is 0 Å². The molecule has 0 amide bonds. The van der Waals surface area contributed by atoms with E-state index in [9.17, 15) is 0 Å². The van der Waals surface area contributed by atoms with E-state index in [1.54, 1.807) is 12.7 Å². The second-order valence-corrected chi connectivity index (χ2v) is 3.41. The summed E-state index contributed by atoms with van der Waals surface area (Å²) in [6.45, 7) is 2.17. The molecule has 0 unspecified atom stereocenters. The Morgan fingerprint density at radius 1 is 1.31 bits per heavy atom. The zero-order valence-electron chi connectivity index (χ0n) is 7.52. The first-order chi connectivity index (χ1) is 6.37. The van der Waals surface area contributed by atoms with Crippen LogP contribution in [0.5, 0.6) is 0 Å². The molecular weight excluding hydrogens is 168 g/mol. The molecule has 2 N–H and O–H groups in total. The molecule has 0 atom stereocenters. The molecule has 0 spiro atoms. The van der Waals surface area contributed by atoms with Crippen molar-refractivity contribution in [3.8, 4) is 0 Å². The van der Waals surface area contributed by atoms with Crippen molar-refractivity contribution in [2.75, 3.05) is 19.8 Å². The van der Waals surface area contributed by atoms with Gasteiger partial charge in [-0.2, -0.15) is 0 Å². The highest BCUT2D eigenvalue weighted by molar-refractivity contribution is 4.91. The van der Waals surface area contributed by atoms with Crippen molar-refractivity contribution in [1.29, 1.82) is 0 Å². The molecule has 2 rings (SSSR count). The summed E-state index contributed by atoms with van der Waals surface area (Å²) in [6, 6.07) is 0. The van der Waals surface area contributed by atoms with Gasteiger partial charge in [-0.05, 0) is 12.8 Å². The molecule has 1 aliphatic heterocycles. The zero-order chi connectivity index (χ0) is 9.15. The highest BCUT2D eigenvalue weighted by Crippen LogP contribution is 2.27. The molecule has 2 heterocycles. The summed E-state index contributed by atoms with van der Waals surface area (Å²) in [7, 11) is 0. The third-order valence-electron chi connectivity index (χ3n) is 2.77. The van der Waals surface area contributed by atoms with E-state index in [0.29, 0.717) is 6.54 Å². The SMILES string of the molecule is NCC1(n2cnnc2)CCOCC1. The highest BCUT2D eigenvalue weighted by atomic mass is 16.5. The average molecular weight is 182 g/mol. The Labute approximate surface area is 76.9 Å². The second kappa shape index (κ2) is 3.43. The number of ether oxygens (including phenoxy) is 1. The van der Waals surface area contributed by atoms with Gasteiger partial charge in [0, 0.05) is 19.8 Å². The van der Waals surface area contributed by atoms with E-state index in [1.807, 2.05) is 4.57 Å². The minimum atomic E-state index is -0.0122. The van der Waals surface area contributed by atoms with Crippen LogP contribution in [0.15, 0.2) is 12.7 Å². The fourth-order valence-corrected chi connectivity index (χ4v) is 1.76. The maximum Gasteiger partial charge on any atom is 0.119 e. The third-order valence-corrected chi connectivity index (χ3v) is 2.77. The summed E-state index contributed by atoms with van der Waals surface area (Å²) >= 11 is 0. The smallest absolute Gasteiger partial charge is 0.119 e. The number of nitrogens with two attached hydrogens (primary N) is 1. The molecule has 5 nitrogen and oxygen atoms in total. The molecule has 0 radical (unpaired) electrons. The van der Waals surface area contributed by atoms with Gasteiger partial charge < -0.3 is 15.0 Å². The molecular formula is C8H14N4O. The first-order valence-corrected chi connectivity index (χ1v) is 4.50. The number of aromatic nitrogens is 3. The number of hydrogen-bond donors (Lipinski definition) is 1. The lowest BCUT2D eigenvalue weighted by atomic mass is 9.90. The van der Waals surface area contributed by atoms with E-state index < -0.39 is 0 Å². The first-order valence-electron chi connectivity index (χ1n) is 4.50. The molecule has 72 valence electrons. The van der Waals surface area contributed by atoms with Gasteiger partial charge in [0.05, 0.1) is 5.54 Å². The van der Waals surface area contributed by atoms with Crippen LogP contribution < -0.4 is 5.73 Å². The molecule has 1 saturated heterocycles. The van der Waals surface area contributed by atoms with Gasteiger partial charge in [-0.15, -0.1) is 10.2 Å². The predicted octanol–water partition coefficient (Wildman–Crippen LogP) is -0.258. The molecule has 1 aliphatic rings.